The van der Waals surface area contributed by atoms with Crippen LogP contribution in [0.5, 0.6) is 0 Å². The van der Waals surface area contributed by atoms with Crippen LogP contribution in [-0.2, 0) is 9.63 Å². The van der Waals surface area contributed by atoms with Crippen molar-refractivity contribution < 1.29 is 9.63 Å². The van der Waals surface area contributed by atoms with Crippen LogP contribution in [0.25, 0.3) is 5.57 Å². The number of likely N-dealkylation sites (N-methyl/N-ethyl adjacent to an activating group) is 1. The van der Waals surface area contributed by atoms with Gasteiger partial charge in [-0.3, -0.25) is 9.63 Å². The number of benzene rings is 1. The molecule has 0 N–H and O–H groups in total. The lowest BCUT2D eigenvalue weighted by Gasteiger charge is -2.12. The summed E-state index contributed by atoms with van der Waals surface area (Å²) in [7, 11) is 3.05. The summed E-state index contributed by atoms with van der Waals surface area (Å²) in [6.07, 6.45) is 1.58. The highest BCUT2D eigenvalue weighted by Crippen LogP contribution is 2.17. The van der Waals surface area contributed by atoms with Gasteiger partial charge in [0.2, 0.25) is 0 Å². The van der Waals surface area contributed by atoms with Gasteiger partial charge in [0.05, 0.1) is 7.11 Å². The summed E-state index contributed by atoms with van der Waals surface area (Å²) in [4.78, 5) is 16.4. The summed E-state index contributed by atoms with van der Waals surface area (Å²) in [5.41, 5.74) is 3.18. The number of hydrogen-bond donors (Lipinski definition) is 0. The Labute approximate surface area is 96.3 Å². The van der Waals surface area contributed by atoms with E-state index in [-0.39, 0.29) is 5.91 Å². The van der Waals surface area contributed by atoms with Crippen molar-refractivity contribution in [2.75, 3.05) is 14.2 Å². The third kappa shape index (κ3) is 2.94. The Balaban J connectivity index is 2.94. The van der Waals surface area contributed by atoms with E-state index in [0.29, 0.717) is 0 Å². The first-order valence-corrected chi connectivity index (χ1v) is 5.12. The number of hydrogen-bond acceptors (Lipinski definition) is 2. The molecule has 3 heteroatoms. The fraction of sp³-hybridized carbons (Fsp3) is 0.308. The van der Waals surface area contributed by atoms with Gasteiger partial charge in [0, 0.05) is 13.1 Å². The molecule has 0 saturated heterocycles. The van der Waals surface area contributed by atoms with Gasteiger partial charge in [0.1, 0.15) is 0 Å². The van der Waals surface area contributed by atoms with Crippen LogP contribution in [0.2, 0.25) is 0 Å². The second-order valence-electron chi connectivity index (χ2n) is 3.66. The number of aryl methyl sites for hydroxylation is 1. The third-order valence-electron chi connectivity index (χ3n) is 2.49. The van der Waals surface area contributed by atoms with Crippen molar-refractivity contribution in [2.45, 2.75) is 13.8 Å². The average molecular weight is 219 g/mol. The number of rotatable bonds is 3. The molecule has 0 heterocycles. The molecule has 1 rings (SSSR count). The molecular weight excluding hydrogens is 202 g/mol. The van der Waals surface area contributed by atoms with Gasteiger partial charge in [-0.25, -0.2) is 5.06 Å². The Morgan fingerprint density at radius 2 is 2.00 bits per heavy atom. The molecule has 0 aliphatic heterocycles. The summed E-state index contributed by atoms with van der Waals surface area (Å²) >= 11 is 0. The average Bonchev–Trinajstić information content (AvgIpc) is 2.28. The fourth-order valence-electron chi connectivity index (χ4n) is 1.46. The van der Waals surface area contributed by atoms with E-state index in [1.807, 2.05) is 38.1 Å². The summed E-state index contributed by atoms with van der Waals surface area (Å²) in [6.45, 7) is 3.95. The molecule has 3 nitrogen and oxygen atoms in total. The summed E-state index contributed by atoms with van der Waals surface area (Å²) in [5.74, 6) is -0.164. The predicted molar refractivity (Wildman–Crippen MR) is 64.6 cm³/mol. The third-order valence-corrected chi connectivity index (χ3v) is 2.49. The van der Waals surface area contributed by atoms with Gasteiger partial charge >= 0.3 is 0 Å². The SMILES string of the molecule is CON(C)C(=O)/C=C(\C)c1ccccc1C. The molecule has 0 bridgehead atoms. The molecular formula is C13H17NO2. The topological polar surface area (TPSA) is 29.5 Å². The van der Waals surface area contributed by atoms with Gasteiger partial charge in [-0.2, -0.15) is 0 Å². The number of carbonyl (C=O) groups is 1. The number of allylic oxidation sites excluding steroid dienone is 1. The van der Waals surface area contributed by atoms with E-state index in [1.165, 1.54) is 12.2 Å². The van der Waals surface area contributed by atoms with E-state index >= 15 is 0 Å². The monoisotopic (exact) mass is 219 g/mol. The molecule has 0 atom stereocenters. The zero-order valence-electron chi connectivity index (χ0n) is 10.2. The lowest BCUT2D eigenvalue weighted by atomic mass is 10.0. The molecule has 1 amide bonds. The van der Waals surface area contributed by atoms with Crippen LogP contribution in [0.1, 0.15) is 18.1 Å². The van der Waals surface area contributed by atoms with Gasteiger partial charge in [0.25, 0.3) is 5.91 Å². The van der Waals surface area contributed by atoms with Crippen molar-refractivity contribution in [1.82, 2.24) is 5.06 Å². The van der Waals surface area contributed by atoms with Gasteiger partial charge in [0.15, 0.2) is 0 Å². The van der Waals surface area contributed by atoms with Crippen LogP contribution in [0.15, 0.2) is 30.3 Å². The quantitative estimate of drug-likeness (QED) is 0.577. The second kappa shape index (κ2) is 5.47. The number of amides is 1. The van der Waals surface area contributed by atoms with Crippen molar-refractivity contribution >= 4 is 11.5 Å². The minimum absolute atomic E-state index is 0.164. The Morgan fingerprint density at radius 1 is 1.38 bits per heavy atom. The van der Waals surface area contributed by atoms with Crippen molar-refractivity contribution in [3.05, 3.63) is 41.5 Å². The van der Waals surface area contributed by atoms with Crippen molar-refractivity contribution in [2.24, 2.45) is 0 Å². The van der Waals surface area contributed by atoms with Gasteiger partial charge in [-0.05, 0) is 30.5 Å². The van der Waals surface area contributed by atoms with E-state index < -0.39 is 0 Å². The van der Waals surface area contributed by atoms with E-state index in [9.17, 15) is 4.79 Å². The molecule has 0 aliphatic carbocycles. The maximum absolute atomic E-state index is 11.6. The Kier molecular flexibility index (Phi) is 4.26. The molecule has 0 radical (unpaired) electrons. The molecule has 0 aromatic heterocycles. The largest absolute Gasteiger partial charge is 0.274 e. The second-order valence-corrected chi connectivity index (χ2v) is 3.66. The Hall–Kier alpha value is -1.61. The van der Waals surface area contributed by atoms with E-state index in [2.05, 4.69) is 0 Å². The van der Waals surface area contributed by atoms with Crippen LogP contribution in [-0.4, -0.2) is 25.1 Å². The Bertz CT molecular complexity index is 410. The van der Waals surface area contributed by atoms with Crippen molar-refractivity contribution in [3.8, 4) is 0 Å². The van der Waals surface area contributed by atoms with E-state index in [1.54, 1.807) is 13.1 Å². The number of nitrogens with zero attached hydrogens (tertiary/aromatic N) is 1. The molecule has 0 spiro atoms. The molecule has 0 unspecified atom stereocenters. The van der Waals surface area contributed by atoms with Gasteiger partial charge in [-0.1, -0.05) is 24.3 Å². The molecule has 86 valence electrons. The first-order chi connectivity index (χ1) is 7.56. The van der Waals surface area contributed by atoms with Crippen LogP contribution < -0.4 is 0 Å². The number of carbonyl (C=O) groups excluding carboxylic acids is 1. The first kappa shape index (κ1) is 12.5. The minimum Gasteiger partial charge on any atom is -0.274 e. The smallest absolute Gasteiger partial charge is 0.270 e. The van der Waals surface area contributed by atoms with Crippen LogP contribution in [0.4, 0.5) is 0 Å². The predicted octanol–water partition coefficient (Wildman–Crippen LogP) is 2.42. The lowest BCUT2D eigenvalue weighted by molar-refractivity contribution is -0.162. The Morgan fingerprint density at radius 3 is 2.56 bits per heavy atom. The highest BCUT2D eigenvalue weighted by molar-refractivity contribution is 5.94. The molecule has 0 fully saturated rings. The summed E-state index contributed by atoms with van der Waals surface area (Å²) in [5, 5.41) is 1.20. The minimum atomic E-state index is -0.164. The lowest BCUT2D eigenvalue weighted by Crippen LogP contribution is -2.23. The molecule has 1 aromatic carbocycles. The van der Waals surface area contributed by atoms with Crippen molar-refractivity contribution in [3.63, 3.8) is 0 Å². The first-order valence-electron chi connectivity index (χ1n) is 5.12. The van der Waals surface area contributed by atoms with Gasteiger partial charge in [-0.15, -0.1) is 0 Å². The fourth-order valence-corrected chi connectivity index (χ4v) is 1.46. The van der Waals surface area contributed by atoms with E-state index in [4.69, 9.17) is 4.84 Å². The molecule has 1 aromatic rings. The summed E-state index contributed by atoms with van der Waals surface area (Å²) < 4.78 is 0. The maximum Gasteiger partial charge on any atom is 0.270 e. The highest BCUT2D eigenvalue weighted by atomic mass is 16.7. The standard InChI is InChI=1S/C13H17NO2/c1-10-7-5-6-8-12(10)11(2)9-13(15)14(3)16-4/h5-9H,1-4H3/b11-9+. The van der Waals surface area contributed by atoms with Crippen LogP contribution in [0, 0.1) is 6.92 Å². The normalized spacial score (nSPS) is 11.4. The highest BCUT2D eigenvalue weighted by Gasteiger charge is 2.06. The maximum atomic E-state index is 11.6. The van der Waals surface area contributed by atoms with Crippen LogP contribution >= 0.6 is 0 Å². The van der Waals surface area contributed by atoms with Crippen LogP contribution in [0.3, 0.4) is 0 Å². The molecule has 0 aliphatic rings. The summed E-state index contributed by atoms with van der Waals surface area (Å²) in [6, 6.07) is 7.97. The zero-order valence-corrected chi connectivity index (χ0v) is 10.2. The van der Waals surface area contributed by atoms with E-state index in [0.717, 1.165) is 16.7 Å². The van der Waals surface area contributed by atoms with Gasteiger partial charge < -0.3 is 0 Å². The number of hydroxylamine groups is 2. The molecule has 0 saturated carbocycles. The molecule has 16 heavy (non-hydrogen) atoms. The van der Waals surface area contributed by atoms with Crippen molar-refractivity contribution in [1.29, 1.82) is 0 Å². The zero-order chi connectivity index (χ0) is 12.1.